The first-order valence-corrected chi connectivity index (χ1v) is 10.6. The van der Waals surface area contributed by atoms with Gasteiger partial charge in [-0.05, 0) is 61.0 Å². The quantitative estimate of drug-likeness (QED) is 0.200. The van der Waals surface area contributed by atoms with Crippen LogP contribution in [0.15, 0.2) is 65.8 Å². The van der Waals surface area contributed by atoms with Gasteiger partial charge in [-0.2, -0.15) is 5.10 Å². The zero-order valence-corrected chi connectivity index (χ0v) is 19.3. The molecule has 3 rings (SSSR count). The standard InChI is InChI=1S/C24H20Cl2N2O5/c1-3-32-20-7-5-4-6-17(20)23(29)28-27-14-15-8-11-21(22(12-15)31-2)33-24(30)16-9-10-18(25)19(26)13-16/h4-14H,3H2,1-2H3,(H,28,29)/b27-14-. The van der Waals surface area contributed by atoms with Crippen LogP contribution in [0.3, 0.4) is 0 Å². The Kier molecular flexibility index (Phi) is 8.29. The van der Waals surface area contributed by atoms with E-state index in [0.29, 0.717) is 34.3 Å². The molecule has 0 unspecified atom stereocenters. The molecule has 7 nitrogen and oxygen atoms in total. The summed E-state index contributed by atoms with van der Waals surface area (Å²) in [6.45, 7) is 2.28. The molecule has 3 aromatic carbocycles. The molecule has 0 fully saturated rings. The minimum absolute atomic E-state index is 0.209. The third-order valence-electron chi connectivity index (χ3n) is 4.36. The van der Waals surface area contributed by atoms with E-state index in [4.69, 9.17) is 37.4 Å². The molecule has 0 spiro atoms. The van der Waals surface area contributed by atoms with Crippen LogP contribution in [-0.2, 0) is 0 Å². The number of hydrogen-bond acceptors (Lipinski definition) is 6. The second-order valence-electron chi connectivity index (χ2n) is 6.56. The van der Waals surface area contributed by atoms with Gasteiger partial charge in [-0.3, -0.25) is 4.79 Å². The molecule has 1 amide bonds. The summed E-state index contributed by atoms with van der Waals surface area (Å²) in [6.07, 6.45) is 1.44. The van der Waals surface area contributed by atoms with Gasteiger partial charge in [-0.1, -0.05) is 35.3 Å². The summed E-state index contributed by atoms with van der Waals surface area (Å²) < 4.78 is 16.2. The number of halogens is 2. The lowest BCUT2D eigenvalue weighted by molar-refractivity contribution is 0.0729. The van der Waals surface area contributed by atoms with Crippen molar-refractivity contribution in [3.05, 3.63) is 87.4 Å². The summed E-state index contributed by atoms with van der Waals surface area (Å²) in [4.78, 5) is 24.8. The molecule has 0 saturated carbocycles. The summed E-state index contributed by atoms with van der Waals surface area (Å²) >= 11 is 11.8. The monoisotopic (exact) mass is 486 g/mol. The Morgan fingerprint density at radius 1 is 0.970 bits per heavy atom. The normalized spacial score (nSPS) is 10.7. The van der Waals surface area contributed by atoms with E-state index in [-0.39, 0.29) is 16.3 Å². The zero-order valence-electron chi connectivity index (χ0n) is 17.8. The number of nitrogens with zero attached hydrogens (tertiary/aromatic N) is 1. The minimum atomic E-state index is -0.617. The van der Waals surface area contributed by atoms with Crippen LogP contribution >= 0.6 is 23.2 Å². The molecule has 0 atom stereocenters. The second kappa shape index (κ2) is 11.4. The molecule has 170 valence electrons. The molecular weight excluding hydrogens is 467 g/mol. The van der Waals surface area contributed by atoms with Crippen molar-refractivity contribution < 1.29 is 23.8 Å². The maximum absolute atomic E-state index is 12.4. The highest BCUT2D eigenvalue weighted by Gasteiger charge is 2.14. The van der Waals surface area contributed by atoms with Crippen LogP contribution < -0.4 is 19.6 Å². The summed E-state index contributed by atoms with van der Waals surface area (Å²) in [5, 5.41) is 4.56. The van der Waals surface area contributed by atoms with E-state index in [1.54, 1.807) is 42.5 Å². The largest absolute Gasteiger partial charge is 0.493 e. The Balaban J connectivity index is 1.69. The number of ether oxygens (including phenoxy) is 3. The van der Waals surface area contributed by atoms with Gasteiger partial charge in [0.1, 0.15) is 5.75 Å². The number of rotatable bonds is 8. The molecule has 0 radical (unpaired) electrons. The highest BCUT2D eigenvalue weighted by molar-refractivity contribution is 6.42. The maximum Gasteiger partial charge on any atom is 0.343 e. The van der Waals surface area contributed by atoms with Crippen molar-refractivity contribution in [3.8, 4) is 17.2 Å². The summed E-state index contributed by atoms with van der Waals surface area (Å²) in [5.74, 6) is -0.0359. The Labute approximate surface area is 200 Å². The predicted octanol–water partition coefficient (Wildman–Crippen LogP) is 5.38. The molecule has 3 aromatic rings. The van der Waals surface area contributed by atoms with Crippen LogP contribution in [0.2, 0.25) is 10.0 Å². The number of para-hydroxylation sites is 1. The number of methoxy groups -OCH3 is 1. The van der Waals surface area contributed by atoms with Crippen LogP contribution in [0.5, 0.6) is 17.2 Å². The summed E-state index contributed by atoms with van der Waals surface area (Å²) in [6, 6.07) is 16.2. The average molecular weight is 487 g/mol. The van der Waals surface area contributed by atoms with Crippen molar-refractivity contribution in [2.45, 2.75) is 6.92 Å². The molecule has 0 aromatic heterocycles. The van der Waals surface area contributed by atoms with Gasteiger partial charge < -0.3 is 14.2 Å². The molecule has 0 saturated heterocycles. The first-order valence-electron chi connectivity index (χ1n) is 9.83. The van der Waals surface area contributed by atoms with Gasteiger partial charge in [0.2, 0.25) is 0 Å². The van der Waals surface area contributed by atoms with Gasteiger partial charge in [0.05, 0.1) is 41.1 Å². The predicted molar refractivity (Wildman–Crippen MR) is 127 cm³/mol. The first-order chi connectivity index (χ1) is 15.9. The Bertz CT molecular complexity index is 1200. The van der Waals surface area contributed by atoms with Crippen molar-refractivity contribution in [2.75, 3.05) is 13.7 Å². The van der Waals surface area contributed by atoms with Crippen LogP contribution in [0.25, 0.3) is 0 Å². The number of esters is 1. The fraction of sp³-hybridized carbons (Fsp3) is 0.125. The number of carbonyl (C=O) groups is 2. The van der Waals surface area contributed by atoms with Gasteiger partial charge >= 0.3 is 5.97 Å². The van der Waals surface area contributed by atoms with E-state index in [1.165, 1.54) is 31.5 Å². The Morgan fingerprint density at radius 2 is 1.76 bits per heavy atom. The fourth-order valence-electron chi connectivity index (χ4n) is 2.79. The highest BCUT2D eigenvalue weighted by Crippen LogP contribution is 2.29. The fourth-order valence-corrected chi connectivity index (χ4v) is 3.09. The number of hydrogen-bond donors (Lipinski definition) is 1. The van der Waals surface area contributed by atoms with Crippen LogP contribution in [0.1, 0.15) is 33.2 Å². The molecule has 33 heavy (non-hydrogen) atoms. The number of nitrogens with one attached hydrogen (secondary N) is 1. The van der Waals surface area contributed by atoms with E-state index in [1.807, 2.05) is 6.92 Å². The SMILES string of the molecule is CCOc1ccccc1C(=O)N/N=C\c1ccc(OC(=O)c2ccc(Cl)c(Cl)c2)c(OC)c1. The number of amides is 1. The number of benzene rings is 3. The Morgan fingerprint density at radius 3 is 2.48 bits per heavy atom. The van der Waals surface area contributed by atoms with Crippen molar-refractivity contribution in [1.82, 2.24) is 5.43 Å². The molecule has 1 N–H and O–H groups in total. The Hall–Kier alpha value is -3.55. The van der Waals surface area contributed by atoms with Crippen molar-refractivity contribution >= 4 is 41.3 Å². The van der Waals surface area contributed by atoms with Gasteiger partial charge in [-0.25, -0.2) is 10.2 Å². The van der Waals surface area contributed by atoms with Crippen LogP contribution in [0.4, 0.5) is 0 Å². The van der Waals surface area contributed by atoms with Crippen molar-refractivity contribution in [1.29, 1.82) is 0 Å². The average Bonchev–Trinajstić information content (AvgIpc) is 2.82. The molecule has 0 aliphatic rings. The third-order valence-corrected chi connectivity index (χ3v) is 5.10. The molecule has 0 bridgehead atoms. The van der Waals surface area contributed by atoms with E-state index in [2.05, 4.69) is 10.5 Å². The number of hydrazone groups is 1. The maximum atomic E-state index is 12.4. The van der Waals surface area contributed by atoms with E-state index in [0.717, 1.165) is 0 Å². The van der Waals surface area contributed by atoms with Gasteiger partial charge in [0, 0.05) is 0 Å². The first kappa shape index (κ1) is 24.1. The summed E-state index contributed by atoms with van der Waals surface area (Å²) in [5.41, 5.74) is 3.69. The molecule has 0 heterocycles. The minimum Gasteiger partial charge on any atom is -0.493 e. The lowest BCUT2D eigenvalue weighted by atomic mass is 10.2. The van der Waals surface area contributed by atoms with Crippen LogP contribution in [0, 0.1) is 0 Å². The topological polar surface area (TPSA) is 86.2 Å². The van der Waals surface area contributed by atoms with E-state index >= 15 is 0 Å². The molecule has 0 aliphatic heterocycles. The van der Waals surface area contributed by atoms with Crippen LogP contribution in [-0.4, -0.2) is 31.8 Å². The van der Waals surface area contributed by atoms with Crippen molar-refractivity contribution in [2.24, 2.45) is 5.10 Å². The molecule has 0 aliphatic carbocycles. The van der Waals surface area contributed by atoms with E-state index in [9.17, 15) is 9.59 Å². The van der Waals surface area contributed by atoms with Gasteiger partial charge in [0.25, 0.3) is 5.91 Å². The smallest absolute Gasteiger partial charge is 0.343 e. The second-order valence-corrected chi connectivity index (χ2v) is 7.37. The highest BCUT2D eigenvalue weighted by atomic mass is 35.5. The summed E-state index contributed by atoms with van der Waals surface area (Å²) in [7, 11) is 1.44. The van der Waals surface area contributed by atoms with E-state index < -0.39 is 11.9 Å². The lowest BCUT2D eigenvalue weighted by Crippen LogP contribution is -2.18. The van der Waals surface area contributed by atoms with Gasteiger partial charge in [-0.15, -0.1) is 0 Å². The lowest BCUT2D eigenvalue weighted by Gasteiger charge is -2.10. The third kappa shape index (κ3) is 6.25. The number of carbonyl (C=O) groups excluding carboxylic acids is 2. The zero-order chi connectivity index (χ0) is 23.8. The van der Waals surface area contributed by atoms with Gasteiger partial charge in [0.15, 0.2) is 11.5 Å². The molecular formula is C24H20Cl2N2O5. The molecule has 9 heteroatoms. The van der Waals surface area contributed by atoms with Crippen molar-refractivity contribution in [3.63, 3.8) is 0 Å².